The first-order valence-corrected chi connectivity index (χ1v) is 4.77. The monoisotopic (exact) mass is 213 g/mol. The number of nitrogens with two attached hydrogens (primary N) is 1. The molecule has 0 unspecified atom stereocenters. The molecule has 0 radical (unpaired) electrons. The highest BCUT2D eigenvalue weighted by molar-refractivity contribution is 5.76. The van der Waals surface area contributed by atoms with Crippen molar-refractivity contribution < 1.29 is 4.74 Å². The number of ether oxygens (including phenoxy) is 1. The Kier molecular flexibility index (Phi) is 2.52. The first kappa shape index (κ1) is 10.1. The van der Waals surface area contributed by atoms with Crippen molar-refractivity contribution in [3.63, 3.8) is 0 Å². The molecule has 0 aliphatic carbocycles. The van der Waals surface area contributed by atoms with Crippen LogP contribution in [-0.4, -0.2) is 12.1 Å². The van der Waals surface area contributed by atoms with Gasteiger partial charge in [-0.25, -0.2) is 0 Å². The second kappa shape index (κ2) is 3.99. The van der Waals surface area contributed by atoms with Gasteiger partial charge in [-0.2, -0.15) is 5.26 Å². The standard InChI is InChI=1S/C12H11N3O/c1-16-9-4-2-3-8(5-9)11-7-15-12(14)10(11)6-13/h2-5,7,15H,14H2,1H3. The molecular weight excluding hydrogens is 202 g/mol. The normalized spacial score (nSPS) is 9.75. The van der Waals surface area contributed by atoms with Gasteiger partial charge in [0, 0.05) is 11.8 Å². The summed E-state index contributed by atoms with van der Waals surface area (Å²) in [6, 6.07) is 9.58. The Labute approximate surface area is 93.3 Å². The maximum Gasteiger partial charge on any atom is 0.119 e. The number of methoxy groups -OCH3 is 1. The van der Waals surface area contributed by atoms with Crippen molar-refractivity contribution in [2.75, 3.05) is 12.8 Å². The van der Waals surface area contributed by atoms with Crippen molar-refractivity contribution in [1.29, 1.82) is 5.26 Å². The van der Waals surface area contributed by atoms with Crippen LogP contribution in [0.4, 0.5) is 5.82 Å². The first-order valence-electron chi connectivity index (χ1n) is 4.77. The Balaban J connectivity index is 2.55. The van der Waals surface area contributed by atoms with Crippen LogP contribution in [0, 0.1) is 11.3 Å². The highest BCUT2D eigenvalue weighted by Crippen LogP contribution is 2.29. The molecule has 3 N–H and O–H groups in total. The molecule has 0 aliphatic rings. The van der Waals surface area contributed by atoms with Gasteiger partial charge in [0.2, 0.25) is 0 Å². The molecule has 2 aromatic rings. The first-order chi connectivity index (χ1) is 7.76. The molecule has 0 saturated heterocycles. The Hall–Kier alpha value is -2.41. The lowest BCUT2D eigenvalue weighted by Gasteiger charge is -2.02. The van der Waals surface area contributed by atoms with Gasteiger partial charge in [0.15, 0.2) is 0 Å². The van der Waals surface area contributed by atoms with Gasteiger partial charge in [-0.05, 0) is 17.7 Å². The average Bonchev–Trinajstić information content (AvgIpc) is 2.70. The van der Waals surface area contributed by atoms with Gasteiger partial charge in [0.1, 0.15) is 23.2 Å². The van der Waals surface area contributed by atoms with Crippen LogP contribution in [0.25, 0.3) is 11.1 Å². The molecule has 2 rings (SSSR count). The predicted octanol–water partition coefficient (Wildman–Crippen LogP) is 2.14. The number of nitrogens with zero attached hydrogens (tertiary/aromatic N) is 1. The minimum absolute atomic E-state index is 0.389. The zero-order chi connectivity index (χ0) is 11.5. The van der Waals surface area contributed by atoms with Crippen LogP contribution in [0.5, 0.6) is 5.75 Å². The summed E-state index contributed by atoms with van der Waals surface area (Å²) in [6.45, 7) is 0. The number of aromatic nitrogens is 1. The number of aromatic amines is 1. The molecule has 80 valence electrons. The molecule has 0 fully saturated rings. The van der Waals surface area contributed by atoms with E-state index < -0.39 is 0 Å². The molecule has 0 spiro atoms. The molecule has 1 heterocycles. The molecule has 1 aromatic carbocycles. The van der Waals surface area contributed by atoms with Gasteiger partial charge < -0.3 is 15.5 Å². The van der Waals surface area contributed by atoms with E-state index in [2.05, 4.69) is 11.1 Å². The predicted molar refractivity (Wildman–Crippen MR) is 61.9 cm³/mol. The van der Waals surface area contributed by atoms with Crippen LogP contribution < -0.4 is 10.5 Å². The molecule has 4 heteroatoms. The van der Waals surface area contributed by atoms with Crippen LogP contribution in [0.3, 0.4) is 0 Å². The Morgan fingerprint density at radius 3 is 2.94 bits per heavy atom. The fourth-order valence-electron chi connectivity index (χ4n) is 1.58. The minimum Gasteiger partial charge on any atom is -0.497 e. The molecule has 0 saturated carbocycles. The van der Waals surface area contributed by atoms with Crippen molar-refractivity contribution in [1.82, 2.24) is 4.98 Å². The number of nitriles is 1. The van der Waals surface area contributed by atoms with Gasteiger partial charge in [-0.3, -0.25) is 0 Å². The van der Waals surface area contributed by atoms with E-state index in [1.54, 1.807) is 13.3 Å². The number of rotatable bonds is 2. The van der Waals surface area contributed by atoms with E-state index >= 15 is 0 Å². The lowest BCUT2D eigenvalue weighted by atomic mass is 10.0. The van der Waals surface area contributed by atoms with Crippen molar-refractivity contribution in [2.45, 2.75) is 0 Å². The zero-order valence-corrected chi connectivity index (χ0v) is 8.82. The Bertz CT molecular complexity index is 552. The molecule has 16 heavy (non-hydrogen) atoms. The van der Waals surface area contributed by atoms with E-state index in [0.717, 1.165) is 16.9 Å². The third-order valence-corrected chi connectivity index (χ3v) is 2.40. The summed E-state index contributed by atoms with van der Waals surface area (Å²) in [7, 11) is 1.61. The highest BCUT2D eigenvalue weighted by Gasteiger charge is 2.10. The SMILES string of the molecule is COc1cccc(-c2c[nH]c(N)c2C#N)c1. The van der Waals surface area contributed by atoms with Crippen LogP contribution in [0.2, 0.25) is 0 Å². The molecule has 0 bridgehead atoms. The second-order valence-corrected chi connectivity index (χ2v) is 3.33. The molecule has 0 aliphatic heterocycles. The quantitative estimate of drug-likeness (QED) is 0.802. The fraction of sp³-hybridized carbons (Fsp3) is 0.0833. The van der Waals surface area contributed by atoms with Crippen LogP contribution in [0.1, 0.15) is 5.56 Å². The van der Waals surface area contributed by atoms with E-state index in [-0.39, 0.29) is 0 Å². The van der Waals surface area contributed by atoms with Crippen molar-refractivity contribution in [3.05, 3.63) is 36.0 Å². The molecule has 0 amide bonds. The Morgan fingerprint density at radius 1 is 1.44 bits per heavy atom. The highest BCUT2D eigenvalue weighted by atomic mass is 16.5. The summed E-state index contributed by atoms with van der Waals surface area (Å²) in [5.41, 5.74) is 7.81. The number of hydrogen-bond donors (Lipinski definition) is 2. The summed E-state index contributed by atoms with van der Waals surface area (Å²) in [5, 5.41) is 8.99. The molecule has 4 nitrogen and oxygen atoms in total. The average molecular weight is 213 g/mol. The van der Waals surface area contributed by atoms with E-state index in [4.69, 9.17) is 15.7 Å². The third kappa shape index (κ3) is 1.59. The number of hydrogen-bond acceptors (Lipinski definition) is 3. The van der Waals surface area contributed by atoms with Crippen molar-refractivity contribution >= 4 is 5.82 Å². The second-order valence-electron chi connectivity index (χ2n) is 3.33. The lowest BCUT2D eigenvalue weighted by Crippen LogP contribution is -1.88. The summed E-state index contributed by atoms with van der Waals surface area (Å²) >= 11 is 0. The van der Waals surface area contributed by atoms with E-state index in [9.17, 15) is 0 Å². The summed E-state index contributed by atoms with van der Waals surface area (Å²) in [4.78, 5) is 2.84. The summed E-state index contributed by atoms with van der Waals surface area (Å²) in [5.74, 6) is 1.14. The van der Waals surface area contributed by atoms with Crippen molar-refractivity contribution in [2.24, 2.45) is 0 Å². The number of H-pyrrole nitrogens is 1. The minimum atomic E-state index is 0.389. The summed E-state index contributed by atoms with van der Waals surface area (Å²) < 4.78 is 5.13. The van der Waals surface area contributed by atoms with Crippen LogP contribution in [0.15, 0.2) is 30.5 Å². The maximum atomic E-state index is 8.99. The summed E-state index contributed by atoms with van der Waals surface area (Å²) in [6.07, 6.45) is 1.72. The van der Waals surface area contributed by atoms with Gasteiger partial charge in [0.05, 0.1) is 7.11 Å². The zero-order valence-electron chi connectivity index (χ0n) is 8.82. The third-order valence-electron chi connectivity index (χ3n) is 2.40. The Morgan fingerprint density at radius 2 is 2.25 bits per heavy atom. The largest absolute Gasteiger partial charge is 0.497 e. The van der Waals surface area contributed by atoms with E-state index in [1.807, 2.05) is 24.3 Å². The van der Waals surface area contributed by atoms with Crippen molar-refractivity contribution in [3.8, 4) is 22.9 Å². The number of nitrogens with one attached hydrogen (secondary N) is 1. The van der Waals surface area contributed by atoms with E-state index in [1.165, 1.54) is 0 Å². The topological polar surface area (TPSA) is 74.8 Å². The number of anilines is 1. The smallest absolute Gasteiger partial charge is 0.119 e. The van der Waals surface area contributed by atoms with Gasteiger partial charge >= 0.3 is 0 Å². The number of benzene rings is 1. The lowest BCUT2D eigenvalue weighted by molar-refractivity contribution is 0.415. The van der Waals surface area contributed by atoms with Gasteiger partial charge in [-0.15, -0.1) is 0 Å². The molecule has 0 atom stereocenters. The molecular formula is C12H11N3O. The van der Waals surface area contributed by atoms with Gasteiger partial charge in [-0.1, -0.05) is 12.1 Å². The maximum absolute atomic E-state index is 8.99. The number of nitrogen functional groups attached to an aromatic ring is 1. The molecule has 1 aromatic heterocycles. The fourth-order valence-corrected chi connectivity index (χ4v) is 1.58. The van der Waals surface area contributed by atoms with E-state index in [0.29, 0.717) is 11.4 Å². The van der Waals surface area contributed by atoms with Crippen LogP contribution in [-0.2, 0) is 0 Å². The van der Waals surface area contributed by atoms with Gasteiger partial charge in [0.25, 0.3) is 0 Å². The van der Waals surface area contributed by atoms with Crippen LogP contribution >= 0.6 is 0 Å².